The summed E-state index contributed by atoms with van der Waals surface area (Å²) >= 11 is 0. The van der Waals surface area contributed by atoms with Gasteiger partial charge in [0.25, 0.3) is 0 Å². The average molecular weight is 267 g/mol. The third kappa shape index (κ3) is 3.67. The number of hydrogen-bond acceptors (Lipinski definition) is 4. The molecule has 0 aromatic carbocycles. The van der Waals surface area contributed by atoms with Crippen molar-refractivity contribution >= 4 is 12.0 Å². The largest absolute Gasteiger partial charge is 0.481 e. The second kappa shape index (κ2) is 5.68. The summed E-state index contributed by atoms with van der Waals surface area (Å²) in [6, 6.07) is -0.380. The number of aliphatic carboxylic acids is 1. The molecule has 0 radical (unpaired) electrons. The molecule has 1 aromatic rings. The van der Waals surface area contributed by atoms with Crippen LogP contribution in [0.1, 0.15) is 38.1 Å². The molecule has 1 aromatic heterocycles. The molecule has 2 amide bonds. The fraction of sp³-hybridized carbons (Fsp3) is 0.636. The smallest absolute Gasteiger partial charge is 0.318 e. The molecule has 8 heteroatoms. The Bertz CT molecular complexity index is 443. The SMILES string of the molecule is CC(NC(=O)N(CCC(=O)O)C1CC1)c1ncn[nH]1. The van der Waals surface area contributed by atoms with Gasteiger partial charge in [0.15, 0.2) is 0 Å². The van der Waals surface area contributed by atoms with Gasteiger partial charge in [-0.15, -0.1) is 0 Å². The van der Waals surface area contributed by atoms with Crippen LogP contribution in [0.15, 0.2) is 6.33 Å². The molecule has 1 atom stereocenters. The number of nitrogens with one attached hydrogen (secondary N) is 2. The first-order valence-electron chi connectivity index (χ1n) is 6.22. The zero-order chi connectivity index (χ0) is 13.8. The van der Waals surface area contributed by atoms with E-state index in [2.05, 4.69) is 20.5 Å². The summed E-state index contributed by atoms with van der Waals surface area (Å²) in [4.78, 5) is 28.3. The van der Waals surface area contributed by atoms with E-state index in [0.717, 1.165) is 12.8 Å². The predicted octanol–water partition coefficient (Wildman–Crippen LogP) is 0.514. The van der Waals surface area contributed by atoms with E-state index >= 15 is 0 Å². The third-order valence-corrected chi connectivity index (χ3v) is 3.00. The maximum Gasteiger partial charge on any atom is 0.318 e. The summed E-state index contributed by atoms with van der Waals surface area (Å²) in [6.07, 6.45) is 3.20. The molecule has 3 N–H and O–H groups in total. The van der Waals surface area contributed by atoms with Crippen LogP contribution in [0.5, 0.6) is 0 Å². The van der Waals surface area contributed by atoms with Gasteiger partial charge in [-0.3, -0.25) is 9.89 Å². The van der Waals surface area contributed by atoms with Crippen LogP contribution in [-0.2, 0) is 4.79 Å². The maximum atomic E-state index is 12.1. The van der Waals surface area contributed by atoms with Crippen LogP contribution in [0, 0.1) is 0 Å². The Morgan fingerprint density at radius 1 is 1.63 bits per heavy atom. The number of carboxylic acid groups (broad SMARTS) is 1. The minimum atomic E-state index is -0.901. The second-order valence-electron chi connectivity index (χ2n) is 4.61. The van der Waals surface area contributed by atoms with E-state index in [-0.39, 0.29) is 31.1 Å². The lowest BCUT2D eigenvalue weighted by Crippen LogP contribution is -2.43. The standard InChI is InChI=1S/C11H17N5O3/c1-7(10-12-6-13-15-10)14-11(19)16(8-2-3-8)5-4-9(17)18/h6-8H,2-5H2,1H3,(H,14,19)(H,17,18)(H,12,13,15). The van der Waals surface area contributed by atoms with Crippen molar-refractivity contribution in [1.29, 1.82) is 0 Å². The number of nitrogens with zero attached hydrogens (tertiary/aromatic N) is 3. The molecule has 8 nitrogen and oxygen atoms in total. The minimum Gasteiger partial charge on any atom is -0.481 e. The van der Waals surface area contributed by atoms with Crippen LogP contribution in [0.2, 0.25) is 0 Å². The highest BCUT2D eigenvalue weighted by molar-refractivity contribution is 5.76. The van der Waals surface area contributed by atoms with Crippen LogP contribution in [0.25, 0.3) is 0 Å². The lowest BCUT2D eigenvalue weighted by Gasteiger charge is -2.23. The van der Waals surface area contributed by atoms with Crippen LogP contribution < -0.4 is 5.32 Å². The van der Waals surface area contributed by atoms with Gasteiger partial charge in [0.05, 0.1) is 12.5 Å². The van der Waals surface area contributed by atoms with Crippen LogP contribution >= 0.6 is 0 Å². The summed E-state index contributed by atoms with van der Waals surface area (Å²) in [5.41, 5.74) is 0. The fourth-order valence-electron chi connectivity index (χ4n) is 1.81. The maximum absolute atomic E-state index is 12.1. The van der Waals surface area contributed by atoms with Gasteiger partial charge in [0, 0.05) is 12.6 Å². The van der Waals surface area contributed by atoms with Gasteiger partial charge in [-0.2, -0.15) is 5.10 Å². The number of aromatic nitrogens is 3. The molecule has 1 fully saturated rings. The van der Waals surface area contributed by atoms with E-state index in [1.54, 1.807) is 11.8 Å². The molecule has 0 saturated heterocycles. The molecule has 19 heavy (non-hydrogen) atoms. The molecule has 1 saturated carbocycles. The predicted molar refractivity (Wildman–Crippen MR) is 65.3 cm³/mol. The molecule has 0 bridgehead atoms. The number of carbonyl (C=O) groups excluding carboxylic acids is 1. The van der Waals surface area contributed by atoms with Crippen LogP contribution in [0.3, 0.4) is 0 Å². The quantitative estimate of drug-likeness (QED) is 0.695. The van der Waals surface area contributed by atoms with Gasteiger partial charge in [0.1, 0.15) is 12.2 Å². The molecule has 1 aliphatic rings. The first-order valence-corrected chi connectivity index (χ1v) is 6.22. The zero-order valence-corrected chi connectivity index (χ0v) is 10.7. The Hall–Kier alpha value is -2.12. The molecule has 0 spiro atoms. The summed E-state index contributed by atoms with van der Waals surface area (Å²) in [5, 5.41) is 17.9. The first kappa shape index (κ1) is 13.3. The van der Waals surface area contributed by atoms with Gasteiger partial charge in [0.2, 0.25) is 0 Å². The molecule has 1 unspecified atom stereocenters. The number of amides is 2. The van der Waals surface area contributed by atoms with Gasteiger partial charge >= 0.3 is 12.0 Å². The number of urea groups is 1. The van der Waals surface area contributed by atoms with E-state index in [0.29, 0.717) is 5.82 Å². The van der Waals surface area contributed by atoms with Crippen molar-refractivity contribution in [2.75, 3.05) is 6.54 Å². The van der Waals surface area contributed by atoms with Crippen molar-refractivity contribution in [3.05, 3.63) is 12.2 Å². The summed E-state index contributed by atoms with van der Waals surface area (Å²) in [5.74, 6) is -0.330. The number of rotatable bonds is 6. The third-order valence-electron chi connectivity index (χ3n) is 3.00. The monoisotopic (exact) mass is 267 g/mol. The number of carboxylic acids is 1. The normalized spacial score (nSPS) is 15.8. The minimum absolute atomic E-state index is 0.0411. The molecular weight excluding hydrogens is 250 g/mol. The number of carbonyl (C=O) groups is 2. The molecule has 2 rings (SSSR count). The zero-order valence-electron chi connectivity index (χ0n) is 10.7. The van der Waals surface area contributed by atoms with E-state index in [1.807, 2.05) is 0 Å². The fourth-order valence-corrected chi connectivity index (χ4v) is 1.81. The van der Waals surface area contributed by atoms with Crippen LogP contribution in [-0.4, -0.2) is 49.8 Å². The van der Waals surface area contributed by atoms with Crippen molar-refractivity contribution in [3.8, 4) is 0 Å². The van der Waals surface area contributed by atoms with Crippen molar-refractivity contribution < 1.29 is 14.7 Å². The van der Waals surface area contributed by atoms with Gasteiger partial charge in [-0.1, -0.05) is 0 Å². The van der Waals surface area contributed by atoms with E-state index in [1.165, 1.54) is 6.33 Å². The van der Waals surface area contributed by atoms with E-state index < -0.39 is 5.97 Å². The Morgan fingerprint density at radius 2 is 2.37 bits per heavy atom. The Kier molecular flexibility index (Phi) is 3.98. The van der Waals surface area contributed by atoms with Gasteiger partial charge < -0.3 is 15.3 Å². The first-order chi connectivity index (χ1) is 9.08. The lowest BCUT2D eigenvalue weighted by atomic mass is 10.3. The van der Waals surface area contributed by atoms with Gasteiger partial charge in [-0.25, -0.2) is 9.78 Å². The van der Waals surface area contributed by atoms with Crippen molar-refractivity contribution in [2.45, 2.75) is 38.3 Å². The number of hydrogen-bond donors (Lipinski definition) is 3. The molecule has 1 heterocycles. The van der Waals surface area contributed by atoms with Crippen molar-refractivity contribution in [3.63, 3.8) is 0 Å². The summed E-state index contributed by atoms with van der Waals surface area (Å²) in [7, 11) is 0. The Morgan fingerprint density at radius 3 is 2.89 bits per heavy atom. The van der Waals surface area contributed by atoms with E-state index in [9.17, 15) is 9.59 Å². The van der Waals surface area contributed by atoms with Crippen molar-refractivity contribution in [2.24, 2.45) is 0 Å². The average Bonchev–Trinajstić information content (AvgIpc) is 3.03. The highest BCUT2D eigenvalue weighted by atomic mass is 16.4. The lowest BCUT2D eigenvalue weighted by molar-refractivity contribution is -0.137. The summed E-state index contributed by atoms with van der Waals surface area (Å²) in [6.45, 7) is 2.02. The molecular formula is C11H17N5O3. The van der Waals surface area contributed by atoms with Crippen molar-refractivity contribution in [1.82, 2.24) is 25.4 Å². The van der Waals surface area contributed by atoms with Crippen LogP contribution in [0.4, 0.5) is 4.79 Å². The summed E-state index contributed by atoms with van der Waals surface area (Å²) < 4.78 is 0. The Balaban J connectivity index is 1.90. The number of aromatic amines is 1. The van der Waals surface area contributed by atoms with Gasteiger partial charge in [-0.05, 0) is 19.8 Å². The highest BCUT2D eigenvalue weighted by Crippen LogP contribution is 2.27. The van der Waals surface area contributed by atoms with E-state index in [4.69, 9.17) is 5.11 Å². The molecule has 104 valence electrons. The molecule has 0 aliphatic heterocycles. The second-order valence-corrected chi connectivity index (χ2v) is 4.61. The highest BCUT2D eigenvalue weighted by Gasteiger charge is 2.33. The Labute approximate surface area is 110 Å². The number of H-pyrrole nitrogens is 1. The topological polar surface area (TPSA) is 111 Å². The molecule has 1 aliphatic carbocycles.